The van der Waals surface area contributed by atoms with E-state index in [9.17, 15) is 4.79 Å². The van der Waals surface area contributed by atoms with Crippen molar-refractivity contribution in [3.63, 3.8) is 0 Å². The first-order chi connectivity index (χ1) is 12.6. The highest BCUT2D eigenvalue weighted by atomic mass is 32.1. The maximum Gasteiger partial charge on any atom is 0.241 e. The number of nitrogens with one attached hydrogen (secondary N) is 1. The minimum atomic E-state index is -0.218. The first kappa shape index (κ1) is 18.4. The molecule has 5 nitrogen and oxygen atoms in total. The zero-order valence-electron chi connectivity index (χ0n) is 15.2. The van der Waals surface area contributed by atoms with Crippen molar-refractivity contribution in [1.82, 2.24) is 9.88 Å². The Kier molecular flexibility index (Phi) is 5.85. The van der Waals surface area contributed by atoms with Crippen LogP contribution >= 0.6 is 11.3 Å². The van der Waals surface area contributed by atoms with Gasteiger partial charge >= 0.3 is 0 Å². The number of anilines is 1. The Hall–Kier alpha value is -2.44. The van der Waals surface area contributed by atoms with Crippen LogP contribution in [0.2, 0.25) is 0 Å². The molecule has 0 saturated heterocycles. The van der Waals surface area contributed by atoms with Crippen molar-refractivity contribution in [2.24, 2.45) is 0 Å². The van der Waals surface area contributed by atoms with E-state index < -0.39 is 0 Å². The number of hydrogen-bond acceptors (Lipinski definition) is 5. The van der Waals surface area contributed by atoms with Crippen LogP contribution in [-0.4, -0.2) is 36.0 Å². The molecular formula is C20H23N3O2S. The molecule has 1 N–H and O–H groups in total. The average Bonchev–Trinajstić information content (AvgIpc) is 3.05. The molecule has 1 heterocycles. The summed E-state index contributed by atoms with van der Waals surface area (Å²) in [6.07, 6.45) is 0.726. The number of fused-ring (bicyclic) bond motifs is 1. The molecule has 0 unspecified atom stereocenters. The van der Waals surface area contributed by atoms with Crippen molar-refractivity contribution in [2.45, 2.75) is 25.9 Å². The highest BCUT2D eigenvalue weighted by molar-refractivity contribution is 7.18. The molecule has 0 saturated carbocycles. The number of amides is 1. The molecule has 0 aliphatic rings. The Bertz CT molecular complexity index is 843. The Morgan fingerprint density at radius 2 is 1.96 bits per heavy atom. The van der Waals surface area contributed by atoms with Crippen molar-refractivity contribution in [3.05, 3.63) is 53.5 Å². The highest BCUT2D eigenvalue weighted by Crippen LogP contribution is 2.23. The quantitative estimate of drug-likeness (QED) is 0.680. The van der Waals surface area contributed by atoms with Crippen LogP contribution < -0.4 is 10.1 Å². The van der Waals surface area contributed by atoms with Crippen molar-refractivity contribution >= 4 is 33.1 Å². The number of benzene rings is 2. The van der Waals surface area contributed by atoms with Crippen LogP contribution in [0.5, 0.6) is 5.75 Å². The van der Waals surface area contributed by atoms with E-state index in [1.54, 1.807) is 18.4 Å². The monoisotopic (exact) mass is 369 g/mol. The molecular weight excluding hydrogens is 346 g/mol. The van der Waals surface area contributed by atoms with E-state index in [-0.39, 0.29) is 11.9 Å². The van der Waals surface area contributed by atoms with Crippen LogP contribution in [0.3, 0.4) is 0 Å². The summed E-state index contributed by atoms with van der Waals surface area (Å²) in [5, 5.41) is 4.00. The first-order valence-corrected chi connectivity index (χ1v) is 9.42. The first-order valence-electron chi connectivity index (χ1n) is 8.60. The Morgan fingerprint density at radius 3 is 2.62 bits per heavy atom. The topological polar surface area (TPSA) is 54.5 Å². The van der Waals surface area contributed by atoms with Gasteiger partial charge in [0.25, 0.3) is 0 Å². The second-order valence-corrected chi connectivity index (χ2v) is 7.25. The summed E-state index contributed by atoms with van der Waals surface area (Å²) in [7, 11) is 3.59. The van der Waals surface area contributed by atoms with E-state index >= 15 is 0 Å². The number of nitrogens with zero attached hydrogens (tertiary/aromatic N) is 2. The minimum Gasteiger partial charge on any atom is -0.497 e. The molecule has 0 bridgehead atoms. The lowest BCUT2D eigenvalue weighted by molar-refractivity contribution is -0.121. The smallest absolute Gasteiger partial charge is 0.241 e. The van der Waals surface area contributed by atoms with Gasteiger partial charge in [-0.25, -0.2) is 4.98 Å². The third kappa shape index (κ3) is 4.20. The Balaban J connectivity index is 1.66. The maximum atomic E-state index is 12.7. The molecule has 1 aromatic heterocycles. The van der Waals surface area contributed by atoms with E-state index in [2.05, 4.69) is 21.3 Å². The molecule has 0 aliphatic heterocycles. The number of ether oxygens (including phenoxy) is 1. The summed E-state index contributed by atoms with van der Waals surface area (Å²) in [6.45, 7) is 2.67. The summed E-state index contributed by atoms with van der Waals surface area (Å²) in [5.74, 6) is 0.754. The predicted molar refractivity (Wildman–Crippen MR) is 107 cm³/mol. The summed E-state index contributed by atoms with van der Waals surface area (Å²) in [5.41, 5.74) is 1.78. The van der Waals surface area contributed by atoms with E-state index in [1.807, 2.05) is 56.4 Å². The van der Waals surface area contributed by atoms with Crippen molar-refractivity contribution in [3.8, 4) is 5.75 Å². The molecule has 6 heteroatoms. The lowest BCUT2D eigenvalue weighted by atomic mass is 10.1. The number of aromatic nitrogens is 1. The Labute approximate surface area is 157 Å². The van der Waals surface area contributed by atoms with Gasteiger partial charge in [-0.3, -0.25) is 9.69 Å². The second kappa shape index (κ2) is 8.29. The third-order valence-corrected chi connectivity index (χ3v) is 5.32. The zero-order valence-corrected chi connectivity index (χ0v) is 16.0. The van der Waals surface area contributed by atoms with Gasteiger partial charge in [-0.2, -0.15) is 0 Å². The van der Waals surface area contributed by atoms with E-state index in [4.69, 9.17) is 4.74 Å². The highest BCUT2D eigenvalue weighted by Gasteiger charge is 2.22. The molecule has 2 aromatic carbocycles. The molecule has 26 heavy (non-hydrogen) atoms. The van der Waals surface area contributed by atoms with Crippen LogP contribution in [-0.2, 0) is 11.3 Å². The van der Waals surface area contributed by atoms with Crippen molar-refractivity contribution < 1.29 is 9.53 Å². The standard InChI is InChI=1S/C20H23N3O2S/c1-4-17(20(24)21-14-9-11-15(25-3)12-10-14)23(2)13-19-22-16-7-5-6-8-18(16)26-19/h5-12,17H,4,13H2,1-3H3,(H,21,24)/t17-/m1/s1. The number of hydrogen-bond donors (Lipinski definition) is 1. The molecule has 1 amide bonds. The van der Waals surface area contributed by atoms with Gasteiger partial charge in [0.05, 0.1) is 29.9 Å². The largest absolute Gasteiger partial charge is 0.497 e. The third-order valence-electron chi connectivity index (χ3n) is 4.30. The molecule has 136 valence electrons. The number of likely N-dealkylation sites (N-methyl/N-ethyl adjacent to an activating group) is 1. The molecule has 1 atom stereocenters. The Morgan fingerprint density at radius 1 is 1.23 bits per heavy atom. The summed E-state index contributed by atoms with van der Waals surface area (Å²) < 4.78 is 6.32. The van der Waals surface area contributed by atoms with E-state index in [0.29, 0.717) is 6.54 Å². The van der Waals surface area contributed by atoms with Crippen LogP contribution in [0.4, 0.5) is 5.69 Å². The second-order valence-electron chi connectivity index (χ2n) is 6.13. The van der Waals surface area contributed by atoms with Crippen molar-refractivity contribution in [1.29, 1.82) is 0 Å². The van der Waals surface area contributed by atoms with Gasteiger partial charge in [-0.15, -0.1) is 11.3 Å². The van der Waals surface area contributed by atoms with E-state index in [0.717, 1.165) is 28.4 Å². The van der Waals surface area contributed by atoms with Crippen LogP contribution in [0.15, 0.2) is 48.5 Å². The predicted octanol–water partition coefficient (Wildman–Crippen LogP) is 4.15. The maximum absolute atomic E-state index is 12.7. The average molecular weight is 369 g/mol. The molecule has 3 rings (SSSR count). The number of methoxy groups -OCH3 is 1. The minimum absolute atomic E-state index is 0.0127. The number of thiazole rings is 1. The normalized spacial score (nSPS) is 12.3. The summed E-state index contributed by atoms with van der Waals surface area (Å²) in [6, 6.07) is 15.2. The zero-order chi connectivity index (χ0) is 18.5. The van der Waals surface area contributed by atoms with Crippen LogP contribution in [0.1, 0.15) is 18.4 Å². The van der Waals surface area contributed by atoms with Gasteiger partial charge in [0.15, 0.2) is 0 Å². The van der Waals surface area contributed by atoms with Gasteiger partial charge in [0.1, 0.15) is 10.8 Å². The summed E-state index contributed by atoms with van der Waals surface area (Å²) >= 11 is 1.67. The van der Waals surface area contributed by atoms with Crippen molar-refractivity contribution in [2.75, 3.05) is 19.5 Å². The molecule has 0 spiro atoms. The van der Waals surface area contributed by atoms with Gasteiger partial charge < -0.3 is 10.1 Å². The molecule has 0 aliphatic carbocycles. The fourth-order valence-corrected chi connectivity index (χ4v) is 3.94. The lowest BCUT2D eigenvalue weighted by Crippen LogP contribution is -2.41. The number of carbonyl (C=O) groups excluding carboxylic acids is 1. The summed E-state index contributed by atoms with van der Waals surface area (Å²) in [4.78, 5) is 19.4. The SMILES string of the molecule is CC[C@H](C(=O)Nc1ccc(OC)cc1)N(C)Cc1nc2ccccc2s1. The fraction of sp³-hybridized carbons (Fsp3) is 0.300. The molecule has 0 radical (unpaired) electrons. The fourth-order valence-electron chi connectivity index (χ4n) is 2.91. The van der Waals surface area contributed by atoms with E-state index in [1.165, 1.54) is 4.70 Å². The van der Waals surface area contributed by atoms with Gasteiger partial charge in [-0.05, 0) is 49.9 Å². The number of rotatable bonds is 7. The molecule has 0 fully saturated rings. The van der Waals surface area contributed by atoms with Gasteiger partial charge in [0, 0.05) is 5.69 Å². The van der Waals surface area contributed by atoms with Gasteiger partial charge in [-0.1, -0.05) is 19.1 Å². The van der Waals surface area contributed by atoms with Gasteiger partial charge in [0.2, 0.25) is 5.91 Å². The molecule has 3 aromatic rings. The lowest BCUT2D eigenvalue weighted by Gasteiger charge is -2.25. The van der Waals surface area contributed by atoms with Crippen LogP contribution in [0, 0.1) is 0 Å². The van der Waals surface area contributed by atoms with Crippen LogP contribution in [0.25, 0.3) is 10.2 Å². The number of carbonyl (C=O) groups is 1. The number of para-hydroxylation sites is 1.